The summed E-state index contributed by atoms with van der Waals surface area (Å²) >= 11 is 0. The molecule has 0 saturated carbocycles. The summed E-state index contributed by atoms with van der Waals surface area (Å²) in [6.07, 6.45) is 1.61. The van der Waals surface area contributed by atoms with Crippen molar-refractivity contribution in [2.45, 2.75) is 6.61 Å². The highest BCUT2D eigenvalue weighted by atomic mass is 16.5. The van der Waals surface area contributed by atoms with Gasteiger partial charge >= 0.3 is 0 Å². The molecule has 5 nitrogen and oxygen atoms in total. The van der Waals surface area contributed by atoms with E-state index in [1.807, 2.05) is 78.9 Å². The highest BCUT2D eigenvalue weighted by Gasteiger charge is 2.25. The number of benzene rings is 3. The molecule has 1 amide bonds. The van der Waals surface area contributed by atoms with Crippen molar-refractivity contribution >= 4 is 23.5 Å². The molecule has 0 saturated heterocycles. The Hall–Kier alpha value is -3.73. The van der Waals surface area contributed by atoms with Gasteiger partial charge in [-0.1, -0.05) is 48.5 Å². The van der Waals surface area contributed by atoms with E-state index in [4.69, 9.17) is 4.74 Å². The number of hydrogen-bond acceptors (Lipinski definition) is 4. The number of fused-ring (bicyclic) bond motifs is 1. The van der Waals surface area contributed by atoms with Gasteiger partial charge in [0, 0.05) is 5.56 Å². The lowest BCUT2D eigenvalue weighted by Gasteiger charge is -2.06. The first kappa shape index (κ1) is 16.7. The third kappa shape index (κ3) is 3.93. The van der Waals surface area contributed by atoms with Gasteiger partial charge in [-0.2, -0.15) is 5.10 Å². The fraction of sp³-hybridized carbons (Fsp3) is 0.0455. The molecule has 0 unspecified atom stereocenters. The summed E-state index contributed by atoms with van der Waals surface area (Å²) in [5.41, 5.74) is 3.84. The van der Waals surface area contributed by atoms with Crippen molar-refractivity contribution in [2.75, 3.05) is 5.32 Å². The number of nitrogens with one attached hydrogen (secondary N) is 1. The zero-order valence-electron chi connectivity index (χ0n) is 14.5. The molecule has 0 aliphatic carbocycles. The average Bonchev–Trinajstić information content (AvgIpc) is 3.03. The van der Waals surface area contributed by atoms with Gasteiger partial charge in [0.05, 0.1) is 11.9 Å². The van der Waals surface area contributed by atoms with Crippen molar-refractivity contribution in [3.8, 4) is 5.75 Å². The SMILES string of the molecule is O=C1Nc2ccccc2C1=NN=Cc1ccc(OCc2ccccc2)cc1. The summed E-state index contributed by atoms with van der Waals surface area (Å²) in [5, 5.41) is 10.9. The highest BCUT2D eigenvalue weighted by Crippen LogP contribution is 2.22. The molecular weight excluding hydrogens is 338 g/mol. The van der Waals surface area contributed by atoms with Gasteiger partial charge in [0.25, 0.3) is 5.91 Å². The second-order valence-corrected chi connectivity index (χ2v) is 6.04. The van der Waals surface area contributed by atoms with Crippen LogP contribution in [0, 0.1) is 0 Å². The summed E-state index contributed by atoms with van der Waals surface area (Å²) in [5.74, 6) is 0.546. The van der Waals surface area contributed by atoms with E-state index in [-0.39, 0.29) is 5.91 Å². The van der Waals surface area contributed by atoms with Crippen molar-refractivity contribution in [2.24, 2.45) is 10.2 Å². The van der Waals surface area contributed by atoms with Crippen LogP contribution in [-0.4, -0.2) is 17.8 Å². The number of carbonyl (C=O) groups is 1. The lowest BCUT2D eigenvalue weighted by molar-refractivity contribution is -0.110. The largest absolute Gasteiger partial charge is 0.489 e. The van der Waals surface area contributed by atoms with Crippen LogP contribution in [0.3, 0.4) is 0 Å². The zero-order valence-corrected chi connectivity index (χ0v) is 14.5. The Morgan fingerprint density at radius 3 is 2.44 bits per heavy atom. The van der Waals surface area contributed by atoms with Crippen LogP contribution >= 0.6 is 0 Å². The number of para-hydroxylation sites is 1. The Balaban J connectivity index is 1.41. The van der Waals surface area contributed by atoms with Gasteiger partial charge in [0.15, 0.2) is 5.71 Å². The second kappa shape index (κ2) is 7.66. The molecule has 1 N–H and O–H groups in total. The molecule has 1 aliphatic rings. The molecule has 0 atom stereocenters. The van der Waals surface area contributed by atoms with Crippen LogP contribution in [0.4, 0.5) is 5.69 Å². The van der Waals surface area contributed by atoms with E-state index in [0.717, 1.165) is 28.1 Å². The molecule has 27 heavy (non-hydrogen) atoms. The van der Waals surface area contributed by atoms with Crippen molar-refractivity contribution in [3.05, 3.63) is 95.6 Å². The number of nitrogens with zero attached hydrogens (tertiary/aromatic N) is 2. The van der Waals surface area contributed by atoms with Crippen molar-refractivity contribution in [3.63, 3.8) is 0 Å². The summed E-state index contributed by atoms with van der Waals surface area (Å²) in [4.78, 5) is 12.0. The molecule has 1 aliphatic heterocycles. The predicted molar refractivity (Wildman–Crippen MR) is 106 cm³/mol. The van der Waals surface area contributed by atoms with E-state index in [9.17, 15) is 4.79 Å². The minimum Gasteiger partial charge on any atom is -0.489 e. The van der Waals surface area contributed by atoms with Crippen LogP contribution in [0.25, 0.3) is 0 Å². The number of carbonyl (C=O) groups excluding carboxylic acids is 1. The maximum absolute atomic E-state index is 12.0. The van der Waals surface area contributed by atoms with Crippen LogP contribution in [0.5, 0.6) is 5.75 Å². The summed E-state index contributed by atoms with van der Waals surface area (Å²) in [7, 11) is 0. The smallest absolute Gasteiger partial charge is 0.276 e. The van der Waals surface area contributed by atoms with E-state index >= 15 is 0 Å². The van der Waals surface area contributed by atoms with Crippen LogP contribution in [0.2, 0.25) is 0 Å². The Kier molecular flexibility index (Phi) is 4.74. The van der Waals surface area contributed by atoms with E-state index in [1.54, 1.807) is 6.21 Å². The van der Waals surface area contributed by atoms with Crippen molar-refractivity contribution in [1.82, 2.24) is 0 Å². The van der Waals surface area contributed by atoms with E-state index in [2.05, 4.69) is 15.5 Å². The monoisotopic (exact) mass is 355 g/mol. The van der Waals surface area contributed by atoms with Crippen LogP contribution in [0.15, 0.2) is 89.1 Å². The zero-order chi connectivity index (χ0) is 18.5. The van der Waals surface area contributed by atoms with Gasteiger partial charge in [0.1, 0.15) is 12.4 Å². The maximum Gasteiger partial charge on any atom is 0.276 e. The molecule has 132 valence electrons. The van der Waals surface area contributed by atoms with Gasteiger partial charge in [-0.05, 0) is 41.5 Å². The number of ether oxygens (including phenoxy) is 1. The van der Waals surface area contributed by atoms with E-state index in [0.29, 0.717) is 12.3 Å². The summed E-state index contributed by atoms with van der Waals surface area (Å²) in [6, 6.07) is 25.0. The lowest BCUT2D eigenvalue weighted by atomic mass is 10.1. The minimum atomic E-state index is -0.238. The predicted octanol–water partition coefficient (Wildman–Crippen LogP) is 4.04. The summed E-state index contributed by atoms with van der Waals surface area (Å²) in [6.45, 7) is 0.524. The fourth-order valence-electron chi connectivity index (χ4n) is 2.75. The quantitative estimate of drug-likeness (QED) is 0.554. The normalized spacial score (nSPS) is 14.4. The first-order chi connectivity index (χ1) is 13.3. The fourth-order valence-corrected chi connectivity index (χ4v) is 2.75. The molecular formula is C22H17N3O2. The van der Waals surface area contributed by atoms with Crippen molar-refractivity contribution < 1.29 is 9.53 Å². The topological polar surface area (TPSA) is 63.0 Å². The maximum atomic E-state index is 12.0. The Morgan fingerprint density at radius 2 is 1.63 bits per heavy atom. The van der Waals surface area contributed by atoms with Gasteiger partial charge in [0.2, 0.25) is 0 Å². The van der Waals surface area contributed by atoms with Crippen LogP contribution < -0.4 is 10.1 Å². The van der Waals surface area contributed by atoms with Gasteiger partial charge in [-0.3, -0.25) is 4.79 Å². The molecule has 0 spiro atoms. The molecule has 0 bridgehead atoms. The molecule has 4 rings (SSSR count). The number of amides is 1. The molecule has 5 heteroatoms. The lowest BCUT2D eigenvalue weighted by Crippen LogP contribution is -2.13. The summed E-state index contributed by atoms with van der Waals surface area (Å²) < 4.78 is 5.76. The van der Waals surface area contributed by atoms with Gasteiger partial charge < -0.3 is 10.1 Å². The van der Waals surface area contributed by atoms with Crippen molar-refractivity contribution in [1.29, 1.82) is 0 Å². The van der Waals surface area contributed by atoms with E-state index < -0.39 is 0 Å². The van der Waals surface area contributed by atoms with Gasteiger partial charge in [-0.15, -0.1) is 5.10 Å². The highest BCUT2D eigenvalue weighted by molar-refractivity contribution is 6.53. The molecule has 0 fully saturated rings. The van der Waals surface area contributed by atoms with Crippen LogP contribution in [-0.2, 0) is 11.4 Å². The second-order valence-electron chi connectivity index (χ2n) is 6.04. The molecule has 0 aromatic heterocycles. The minimum absolute atomic E-state index is 0.238. The van der Waals surface area contributed by atoms with Gasteiger partial charge in [-0.25, -0.2) is 0 Å². The Morgan fingerprint density at radius 1 is 0.889 bits per heavy atom. The first-order valence-corrected chi connectivity index (χ1v) is 8.58. The number of anilines is 1. The Bertz CT molecular complexity index is 1010. The number of hydrogen-bond donors (Lipinski definition) is 1. The molecule has 0 radical (unpaired) electrons. The third-order valence-corrected chi connectivity index (χ3v) is 4.14. The molecule has 1 heterocycles. The van der Waals surface area contributed by atoms with E-state index in [1.165, 1.54) is 0 Å². The first-order valence-electron chi connectivity index (χ1n) is 8.58. The molecule has 3 aromatic carbocycles. The molecule has 3 aromatic rings. The average molecular weight is 355 g/mol. The van der Waals surface area contributed by atoms with Crippen LogP contribution in [0.1, 0.15) is 16.7 Å². The standard InChI is InChI=1S/C22H17N3O2/c26-22-21(19-8-4-5-9-20(19)24-22)25-23-14-16-10-12-18(13-11-16)27-15-17-6-2-1-3-7-17/h1-14H,15H2,(H,24,25,26). The Labute approximate surface area is 157 Å². The third-order valence-electron chi connectivity index (χ3n) is 4.14. The number of rotatable bonds is 5.